The molecule has 0 heterocycles. The standard InChI is InChI=1S/C19H23N2O3/c20-19(23)24-18-10-7-16(8-11-18)12-13-21-14-17(22)9-6-15-4-2-1-3-5-15/h1-5,7-11,17,21-22H,6,12-14H2,(H2,20,23)/t17-/m1/s1. The van der Waals surface area contributed by atoms with Crippen LogP contribution in [0.25, 0.3) is 0 Å². The molecule has 0 unspecified atom stereocenters. The van der Waals surface area contributed by atoms with Gasteiger partial charge in [0.2, 0.25) is 0 Å². The van der Waals surface area contributed by atoms with Gasteiger partial charge in [0.1, 0.15) is 5.75 Å². The van der Waals surface area contributed by atoms with Crippen molar-refractivity contribution in [2.75, 3.05) is 13.1 Å². The highest BCUT2D eigenvalue weighted by Crippen LogP contribution is 2.12. The molecule has 0 aromatic heterocycles. The van der Waals surface area contributed by atoms with Crippen LogP contribution in [0.2, 0.25) is 0 Å². The van der Waals surface area contributed by atoms with E-state index >= 15 is 0 Å². The molecule has 4 N–H and O–H groups in total. The molecule has 0 fully saturated rings. The molecule has 2 rings (SSSR count). The zero-order chi connectivity index (χ0) is 17.2. The minimum atomic E-state index is -0.815. The number of carbonyl (C=O) groups excluding carboxylic acids is 1. The third-order valence-electron chi connectivity index (χ3n) is 3.55. The number of aliphatic hydroxyl groups is 1. The summed E-state index contributed by atoms with van der Waals surface area (Å²) in [6.07, 6.45) is 2.19. The van der Waals surface area contributed by atoms with E-state index in [1.807, 2.05) is 48.9 Å². The molecule has 2 aromatic carbocycles. The molecule has 5 nitrogen and oxygen atoms in total. The third-order valence-corrected chi connectivity index (χ3v) is 3.55. The van der Waals surface area contributed by atoms with Crippen molar-refractivity contribution in [3.8, 4) is 5.75 Å². The van der Waals surface area contributed by atoms with E-state index in [4.69, 9.17) is 10.5 Å². The third kappa shape index (κ3) is 6.81. The molecule has 24 heavy (non-hydrogen) atoms. The molecule has 0 spiro atoms. The Balaban J connectivity index is 1.61. The second-order valence-electron chi connectivity index (χ2n) is 5.51. The lowest BCUT2D eigenvalue weighted by atomic mass is 10.1. The molecule has 5 heteroatoms. The summed E-state index contributed by atoms with van der Waals surface area (Å²) in [7, 11) is 0. The molecule has 0 aliphatic carbocycles. The van der Waals surface area contributed by atoms with Gasteiger partial charge in [-0.3, -0.25) is 0 Å². The van der Waals surface area contributed by atoms with Gasteiger partial charge in [-0.1, -0.05) is 42.5 Å². The van der Waals surface area contributed by atoms with E-state index in [-0.39, 0.29) is 0 Å². The first-order valence-corrected chi connectivity index (χ1v) is 7.96. The van der Waals surface area contributed by atoms with E-state index in [0.29, 0.717) is 12.3 Å². The van der Waals surface area contributed by atoms with Crippen molar-refractivity contribution in [3.63, 3.8) is 0 Å². The maximum absolute atomic E-state index is 10.6. The molecule has 0 aliphatic heterocycles. The number of carbonyl (C=O) groups is 1. The van der Waals surface area contributed by atoms with Crippen molar-refractivity contribution in [1.82, 2.24) is 5.32 Å². The summed E-state index contributed by atoms with van der Waals surface area (Å²) < 4.78 is 4.78. The van der Waals surface area contributed by atoms with Gasteiger partial charge in [0.15, 0.2) is 0 Å². The fourth-order valence-electron chi connectivity index (χ4n) is 2.29. The first-order chi connectivity index (χ1) is 11.6. The second-order valence-corrected chi connectivity index (χ2v) is 5.51. The van der Waals surface area contributed by atoms with Crippen LogP contribution < -0.4 is 15.8 Å². The zero-order valence-electron chi connectivity index (χ0n) is 13.5. The van der Waals surface area contributed by atoms with Gasteiger partial charge >= 0.3 is 6.09 Å². The normalized spacial score (nSPS) is 11.9. The summed E-state index contributed by atoms with van der Waals surface area (Å²) in [5.41, 5.74) is 7.26. The minimum Gasteiger partial charge on any atom is -0.411 e. The molecular weight excluding hydrogens is 304 g/mol. The van der Waals surface area contributed by atoms with Crippen LogP contribution >= 0.6 is 0 Å². The minimum absolute atomic E-state index is 0.435. The second kappa shape index (κ2) is 9.70. The summed E-state index contributed by atoms with van der Waals surface area (Å²) in [6.45, 7) is 1.28. The first-order valence-electron chi connectivity index (χ1n) is 7.96. The number of primary amides is 1. The largest absolute Gasteiger partial charge is 0.411 e. The number of hydrogen-bond acceptors (Lipinski definition) is 4. The Hall–Kier alpha value is -2.37. The molecule has 1 radical (unpaired) electrons. The van der Waals surface area contributed by atoms with Crippen LogP contribution in [-0.2, 0) is 12.8 Å². The summed E-state index contributed by atoms with van der Waals surface area (Å²) in [6, 6.07) is 17.3. The predicted molar refractivity (Wildman–Crippen MR) is 93.7 cm³/mol. The summed E-state index contributed by atoms with van der Waals surface area (Å²) in [4.78, 5) is 10.6. The summed E-state index contributed by atoms with van der Waals surface area (Å²) in [5.74, 6) is 0.435. The van der Waals surface area contributed by atoms with Crippen molar-refractivity contribution in [3.05, 3.63) is 72.1 Å². The van der Waals surface area contributed by atoms with Crippen LogP contribution in [-0.4, -0.2) is 30.4 Å². The van der Waals surface area contributed by atoms with Gasteiger partial charge < -0.3 is 20.9 Å². The molecular formula is C19H23N2O3. The maximum Gasteiger partial charge on any atom is 0.409 e. The SMILES string of the molecule is NC(=O)Oc1ccc(CCNC[C@H](O)[CH]Cc2ccccc2)cc1. The van der Waals surface area contributed by atoms with Crippen LogP contribution in [0.15, 0.2) is 54.6 Å². The van der Waals surface area contributed by atoms with Crippen molar-refractivity contribution < 1.29 is 14.6 Å². The first kappa shape index (κ1) is 18.0. The number of hydrogen-bond donors (Lipinski definition) is 3. The number of nitrogens with one attached hydrogen (secondary N) is 1. The van der Waals surface area contributed by atoms with Crippen LogP contribution in [0.3, 0.4) is 0 Å². The number of aliphatic hydroxyl groups excluding tert-OH is 1. The predicted octanol–water partition coefficient (Wildman–Crippen LogP) is 2.08. The highest BCUT2D eigenvalue weighted by molar-refractivity contribution is 5.67. The smallest absolute Gasteiger partial charge is 0.409 e. The summed E-state index contributed by atoms with van der Waals surface area (Å²) >= 11 is 0. The Labute approximate surface area is 142 Å². The average molecular weight is 327 g/mol. The van der Waals surface area contributed by atoms with E-state index < -0.39 is 12.2 Å². The van der Waals surface area contributed by atoms with Crippen LogP contribution in [0.4, 0.5) is 4.79 Å². The Morgan fingerprint density at radius 1 is 1.12 bits per heavy atom. The quantitative estimate of drug-likeness (QED) is 0.616. The fourth-order valence-corrected chi connectivity index (χ4v) is 2.29. The lowest BCUT2D eigenvalue weighted by molar-refractivity contribution is 0.201. The van der Waals surface area contributed by atoms with Gasteiger partial charge in [-0.2, -0.15) is 0 Å². The van der Waals surface area contributed by atoms with Crippen molar-refractivity contribution in [2.45, 2.75) is 18.9 Å². The van der Waals surface area contributed by atoms with Crippen molar-refractivity contribution >= 4 is 6.09 Å². The molecule has 1 atom stereocenters. The zero-order valence-corrected chi connectivity index (χ0v) is 13.5. The van der Waals surface area contributed by atoms with Crippen LogP contribution in [0.1, 0.15) is 11.1 Å². The van der Waals surface area contributed by atoms with E-state index in [1.54, 1.807) is 12.1 Å². The Bertz CT molecular complexity index is 614. The van der Waals surface area contributed by atoms with E-state index in [2.05, 4.69) is 5.32 Å². The van der Waals surface area contributed by atoms with Crippen molar-refractivity contribution in [2.24, 2.45) is 5.73 Å². The molecule has 127 valence electrons. The van der Waals surface area contributed by atoms with Gasteiger partial charge in [0, 0.05) is 6.54 Å². The average Bonchev–Trinajstić information content (AvgIpc) is 2.59. The van der Waals surface area contributed by atoms with Gasteiger partial charge in [0.05, 0.1) is 6.10 Å². The Morgan fingerprint density at radius 3 is 2.50 bits per heavy atom. The van der Waals surface area contributed by atoms with Gasteiger partial charge in [-0.05, 0) is 49.1 Å². The van der Waals surface area contributed by atoms with Gasteiger partial charge in [-0.15, -0.1) is 0 Å². The lowest BCUT2D eigenvalue weighted by Gasteiger charge is -2.11. The Kier molecular flexibility index (Phi) is 7.26. The number of rotatable bonds is 9. The van der Waals surface area contributed by atoms with Crippen molar-refractivity contribution in [1.29, 1.82) is 0 Å². The maximum atomic E-state index is 10.6. The van der Waals surface area contributed by atoms with Crippen LogP contribution in [0, 0.1) is 6.42 Å². The fraction of sp³-hybridized carbons (Fsp3) is 0.263. The number of amides is 1. The topological polar surface area (TPSA) is 84.6 Å². The van der Waals surface area contributed by atoms with Gasteiger partial charge in [0.25, 0.3) is 0 Å². The van der Waals surface area contributed by atoms with E-state index in [9.17, 15) is 9.90 Å². The Morgan fingerprint density at radius 2 is 1.83 bits per heavy atom. The lowest BCUT2D eigenvalue weighted by Crippen LogP contribution is -2.29. The number of ether oxygens (including phenoxy) is 1. The molecule has 0 saturated heterocycles. The highest BCUT2D eigenvalue weighted by atomic mass is 16.5. The molecule has 0 aliphatic rings. The monoisotopic (exact) mass is 327 g/mol. The number of benzene rings is 2. The van der Waals surface area contributed by atoms with Gasteiger partial charge in [-0.25, -0.2) is 4.79 Å². The molecule has 0 saturated carbocycles. The van der Waals surface area contributed by atoms with E-state index in [0.717, 1.165) is 24.9 Å². The highest BCUT2D eigenvalue weighted by Gasteiger charge is 2.05. The van der Waals surface area contributed by atoms with Crippen LogP contribution in [0.5, 0.6) is 5.75 Å². The molecule has 2 aromatic rings. The summed E-state index contributed by atoms with van der Waals surface area (Å²) in [5, 5.41) is 13.2. The van der Waals surface area contributed by atoms with E-state index in [1.165, 1.54) is 5.56 Å². The molecule has 1 amide bonds. The molecule has 0 bridgehead atoms. The number of nitrogens with two attached hydrogens (primary N) is 1.